The highest BCUT2D eigenvalue weighted by Crippen LogP contribution is 2.30. The second-order valence-corrected chi connectivity index (χ2v) is 11.0. The van der Waals surface area contributed by atoms with Crippen LogP contribution in [0.1, 0.15) is 42.4 Å². The lowest BCUT2D eigenvalue weighted by atomic mass is 10.0. The van der Waals surface area contributed by atoms with Gasteiger partial charge in [0, 0.05) is 34.7 Å². The Hall–Kier alpha value is -4.61. The molecule has 1 aliphatic heterocycles. The number of carbonyl (C=O) groups excluding carboxylic acids is 4. The second-order valence-electron chi connectivity index (χ2n) is 11.0. The first-order valence-corrected chi connectivity index (χ1v) is 14.0. The zero-order chi connectivity index (χ0) is 31.4. The Morgan fingerprint density at radius 1 is 1.12 bits per heavy atom. The summed E-state index contributed by atoms with van der Waals surface area (Å²) < 4.78 is 30.3. The summed E-state index contributed by atoms with van der Waals surface area (Å²) in [5.74, 6) is -2.29. The van der Waals surface area contributed by atoms with Gasteiger partial charge in [0.25, 0.3) is 5.91 Å². The molecule has 3 N–H and O–H groups in total. The summed E-state index contributed by atoms with van der Waals surface area (Å²) in [6, 6.07) is 7.45. The number of amides is 3. The molecule has 0 fully saturated rings. The number of methoxy groups -OCH3 is 2. The van der Waals surface area contributed by atoms with Crippen molar-refractivity contribution in [3.8, 4) is 11.5 Å². The van der Waals surface area contributed by atoms with Crippen LogP contribution in [-0.2, 0) is 25.5 Å². The van der Waals surface area contributed by atoms with E-state index < -0.39 is 47.7 Å². The van der Waals surface area contributed by atoms with Crippen LogP contribution < -0.4 is 20.1 Å². The lowest BCUT2D eigenvalue weighted by molar-refractivity contribution is -0.150. The molecule has 1 aliphatic rings. The summed E-state index contributed by atoms with van der Waals surface area (Å²) in [5, 5.41) is 6.29. The maximum Gasteiger partial charge on any atom is 0.349 e. The van der Waals surface area contributed by atoms with Crippen LogP contribution in [0.2, 0.25) is 0 Å². The van der Waals surface area contributed by atoms with E-state index in [2.05, 4.69) is 15.6 Å². The van der Waals surface area contributed by atoms with Gasteiger partial charge in [-0.3, -0.25) is 14.4 Å². The average Bonchev–Trinajstić information content (AvgIpc) is 3.27. The maximum absolute atomic E-state index is 14.1. The molecule has 43 heavy (non-hydrogen) atoms. The molecular weight excluding hydrogens is 559 g/mol. The molecule has 0 saturated carbocycles. The Morgan fingerprint density at radius 2 is 1.86 bits per heavy atom. The lowest BCUT2D eigenvalue weighted by Gasteiger charge is -2.32. The molecule has 0 saturated heterocycles. The SMILES string of the molecule is COC(=O)[C@@H]1Oc2cc(ccc2OC)C(=O)N[C@@H](C(C)C)CN(C(=O)Cc2c(C)[nH]c3ccc(F)cc23)CC(=O)N[C@H]1C. The van der Waals surface area contributed by atoms with E-state index in [-0.39, 0.29) is 42.5 Å². The third-order valence-corrected chi connectivity index (χ3v) is 7.59. The molecule has 3 atom stereocenters. The molecule has 0 unspecified atom stereocenters. The van der Waals surface area contributed by atoms with Crippen molar-refractivity contribution in [2.45, 2.75) is 52.3 Å². The molecule has 0 spiro atoms. The fourth-order valence-electron chi connectivity index (χ4n) is 5.08. The van der Waals surface area contributed by atoms with Crippen LogP contribution in [0, 0.1) is 18.7 Å². The molecule has 2 heterocycles. The molecule has 3 amide bonds. The fourth-order valence-corrected chi connectivity index (χ4v) is 5.08. The summed E-state index contributed by atoms with van der Waals surface area (Å²) in [7, 11) is 2.62. The van der Waals surface area contributed by atoms with E-state index in [9.17, 15) is 23.6 Å². The van der Waals surface area contributed by atoms with Crippen LogP contribution in [-0.4, -0.2) is 79.1 Å². The average molecular weight is 597 g/mol. The number of rotatable bonds is 5. The molecule has 1 aromatic heterocycles. The molecule has 4 rings (SSSR count). The van der Waals surface area contributed by atoms with Crippen molar-refractivity contribution in [1.29, 1.82) is 0 Å². The van der Waals surface area contributed by atoms with Crippen LogP contribution >= 0.6 is 0 Å². The number of halogens is 1. The minimum atomic E-state index is -1.29. The van der Waals surface area contributed by atoms with Crippen LogP contribution in [0.4, 0.5) is 4.39 Å². The van der Waals surface area contributed by atoms with Gasteiger partial charge in [0.15, 0.2) is 11.5 Å². The number of benzene rings is 2. The first kappa shape index (κ1) is 31.3. The van der Waals surface area contributed by atoms with Crippen LogP contribution in [0.25, 0.3) is 10.9 Å². The van der Waals surface area contributed by atoms with E-state index in [1.54, 1.807) is 32.0 Å². The molecule has 2 bridgehead atoms. The van der Waals surface area contributed by atoms with Gasteiger partial charge >= 0.3 is 5.97 Å². The maximum atomic E-state index is 14.1. The van der Waals surface area contributed by atoms with Crippen molar-refractivity contribution in [2.75, 3.05) is 27.3 Å². The zero-order valence-electron chi connectivity index (χ0n) is 25.1. The van der Waals surface area contributed by atoms with Crippen molar-refractivity contribution >= 4 is 34.6 Å². The number of nitrogens with zero attached hydrogens (tertiary/aromatic N) is 1. The van der Waals surface area contributed by atoms with E-state index in [4.69, 9.17) is 14.2 Å². The highest BCUT2D eigenvalue weighted by Gasteiger charge is 2.33. The second kappa shape index (κ2) is 13.1. The number of H-pyrrole nitrogens is 1. The molecule has 3 aromatic rings. The monoisotopic (exact) mass is 596 g/mol. The molecular formula is C31H37FN4O7. The number of ether oxygens (including phenoxy) is 3. The lowest BCUT2D eigenvalue weighted by Crippen LogP contribution is -2.54. The Bertz CT molecular complexity index is 1540. The summed E-state index contributed by atoms with van der Waals surface area (Å²) in [4.78, 5) is 57.8. The topological polar surface area (TPSA) is 139 Å². The van der Waals surface area contributed by atoms with Crippen molar-refractivity contribution in [2.24, 2.45) is 5.92 Å². The van der Waals surface area contributed by atoms with Gasteiger partial charge in [-0.15, -0.1) is 0 Å². The first-order valence-electron chi connectivity index (χ1n) is 14.0. The number of hydrogen-bond donors (Lipinski definition) is 3. The van der Waals surface area contributed by atoms with Crippen molar-refractivity contribution < 1.29 is 37.8 Å². The van der Waals surface area contributed by atoms with Gasteiger partial charge in [-0.1, -0.05) is 13.8 Å². The van der Waals surface area contributed by atoms with Crippen molar-refractivity contribution in [3.05, 3.63) is 59.0 Å². The van der Waals surface area contributed by atoms with Crippen LogP contribution in [0.3, 0.4) is 0 Å². The predicted octanol–water partition coefficient (Wildman–Crippen LogP) is 2.89. The number of aromatic amines is 1. The van der Waals surface area contributed by atoms with E-state index >= 15 is 0 Å². The Kier molecular flexibility index (Phi) is 9.57. The Labute approximate surface area is 249 Å². The number of nitrogens with one attached hydrogen (secondary N) is 3. The fraction of sp³-hybridized carbons (Fsp3) is 0.419. The summed E-state index contributed by atoms with van der Waals surface area (Å²) in [6.45, 7) is 6.83. The summed E-state index contributed by atoms with van der Waals surface area (Å²) in [5.41, 5.74) is 2.25. The van der Waals surface area contributed by atoms with Crippen LogP contribution in [0.5, 0.6) is 11.5 Å². The van der Waals surface area contributed by atoms with Gasteiger partial charge in [-0.05, 0) is 61.7 Å². The van der Waals surface area contributed by atoms with Crippen LogP contribution in [0.15, 0.2) is 36.4 Å². The smallest absolute Gasteiger partial charge is 0.349 e. The molecule has 230 valence electrons. The number of hydrogen-bond acceptors (Lipinski definition) is 7. The van der Waals surface area contributed by atoms with Gasteiger partial charge in [0.2, 0.25) is 17.9 Å². The number of aryl methyl sites for hydroxylation is 1. The minimum Gasteiger partial charge on any atom is -0.493 e. The number of esters is 1. The molecule has 11 nitrogen and oxygen atoms in total. The zero-order valence-corrected chi connectivity index (χ0v) is 25.1. The van der Waals surface area contributed by atoms with Gasteiger partial charge in [-0.25, -0.2) is 9.18 Å². The van der Waals surface area contributed by atoms with E-state index in [0.717, 1.165) is 0 Å². The normalized spacial score (nSPS) is 19.7. The van der Waals surface area contributed by atoms with Gasteiger partial charge < -0.3 is 34.7 Å². The van der Waals surface area contributed by atoms with Gasteiger partial charge in [0.05, 0.1) is 33.2 Å². The molecule has 0 aliphatic carbocycles. The Morgan fingerprint density at radius 3 is 2.53 bits per heavy atom. The third kappa shape index (κ3) is 7.07. The first-order chi connectivity index (χ1) is 20.4. The largest absolute Gasteiger partial charge is 0.493 e. The quantitative estimate of drug-likeness (QED) is 0.385. The third-order valence-electron chi connectivity index (χ3n) is 7.59. The number of carbonyl (C=O) groups is 4. The molecule has 12 heteroatoms. The van der Waals surface area contributed by atoms with E-state index in [1.807, 2.05) is 13.8 Å². The predicted molar refractivity (Wildman–Crippen MR) is 156 cm³/mol. The molecule has 2 aromatic carbocycles. The molecule has 0 radical (unpaired) electrons. The van der Waals surface area contributed by atoms with Gasteiger partial charge in [0.1, 0.15) is 5.82 Å². The minimum absolute atomic E-state index is 0.0275. The van der Waals surface area contributed by atoms with E-state index in [1.165, 1.54) is 37.3 Å². The number of fused-ring (bicyclic) bond motifs is 3. The summed E-state index contributed by atoms with van der Waals surface area (Å²) in [6.07, 6.45) is -1.40. The number of aromatic nitrogens is 1. The van der Waals surface area contributed by atoms with E-state index in [0.29, 0.717) is 22.2 Å². The van der Waals surface area contributed by atoms with Crippen molar-refractivity contribution in [3.63, 3.8) is 0 Å². The highest BCUT2D eigenvalue weighted by atomic mass is 19.1. The highest BCUT2D eigenvalue weighted by molar-refractivity contribution is 5.95. The summed E-state index contributed by atoms with van der Waals surface area (Å²) >= 11 is 0. The van der Waals surface area contributed by atoms with Crippen molar-refractivity contribution in [1.82, 2.24) is 20.5 Å². The van der Waals surface area contributed by atoms with Gasteiger partial charge in [-0.2, -0.15) is 0 Å². The Balaban J connectivity index is 1.72. The standard InChI is InChI=1S/C31H37FN4O7/c1-16(2)24-14-36(28(38)13-21-17(3)33-23-9-8-20(32)12-22(21)23)15-27(37)34-18(4)29(31(40)42-6)43-26-11-19(30(39)35-24)7-10-25(26)41-5/h7-12,16,18,24,29,33H,13-15H2,1-6H3,(H,34,37)(H,35,39)/t18-,24+,29+/m0/s1.